The van der Waals surface area contributed by atoms with Gasteiger partial charge in [0.05, 0.1) is 23.8 Å². The number of carbonyl (C=O) groups excluding carboxylic acids is 5. The molecule has 1 saturated carbocycles. The van der Waals surface area contributed by atoms with Crippen LogP contribution in [-0.4, -0.2) is 86.9 Å². The van der Waals surface area contributed by atoms with E-state index < -0.39 is 69.7 Å². The number of fused-ring (bicyclic) bond motifs is 3. The number of ketones is 2. The number of hydrogen-bond acceptors (Lipinski definition) is 11. The number of phenolic OH excluding ortho intramolecular Hbond substituents is 1. The summed E-state index contributed by atoms with van der Waals surface area (Å²) in [6, 6.07) is 8.60. The molecule has 3 aliphatic carbocycles. The van der Waals surface area contributed by atoms with Crippen LogP contribution < -0.4 is 21.7 Å². The fourth-order valence-corrected chi connectivity index (χ4v) is 6.65. The molecule has 14 heteroatoms. The summed E-state index contributed by atoms with van der Waals surface area (Å²) < 4.78 is 0. The molecule has 3 unspecified atom stereocenters. The Morgan fingerprint density at radius 3 is 2.23 bits per heavy atom. The van der Waals surface area contributed by atoms with Crippen LogP contribution >= 0.6 is 0 Å². The van der Waals surface area contributed by atoms with Crippen molar-refractivity contribution in [3.63, 3.8) is 0 Å². The lowest BCUT2D eigenvalue weighted by Gasteiger charge is -2.50. The van der Waals surface area contributed by atoms with Crippen molar-refractivity contribution in [2.24, 2.45) is 23.5 Å². The van der Waals surface area contributed by atoms with E-state index in [1.807, 2.05) is 0 Å². The van der Waals surface area contributed by atoms with Gasteiger partial charge in [0.1, 0.15) is 22.8 Å². The first kappa shape index (κ1) is 33.2. The van der Waals surface area contributed by atoms with Crippen LogP contribution in [0.2, 0.25) is 0 Å². The number of nitrogens with one attached hydrogen (secondary N) is 3. The Morgan fingerprint density at radius 2 is 1.64 bits per heavy atom. The average Bonchev–Trinajstić information content (AvgIpc) is 2.99. The van der Waals surface area contributed by atoms with Crippen LogP contribution in [0.4, 0.5) is 17.1 Å². The highest BCUT2D eigenvalue weighted by molar-refractivity contribution is 6.24. The quantitative estimate of drug-likeness (QED) is 0.151. The van der Waals surface area contributed by atoms with Gasteiger partial charge in [-0.05, 0) is 68.8 Å². The molecule has 0 saturated heterocycles. The molecular weight excluding hydrogens is 610 g/mol. The number of nitrogens with zero attached hydrogens (tertiary/aromatic N) is 1. The molecule has 2 aromatic carbocycles. The van der Waals surface area contributed by atoms with Crippen molar-refractivity contribution in [3.05, 3.63) is 64.4 Å². The van der Waals surface area contributed by atoms with Crippen molar-refractivity contribution in [2.75, 3.05) is 36.6 Å². The lowest BCUT2D eigenvalue weighted by atomic mass is 9.57. The zero-order valence-corrected chi connectivity index (χ0v) is 26.2. The van der Waals surface area contributed by atoms with Crippen molar-refractivity contribution in [1.82, 2.24) is 4.90 Å². The van der Waals surface area contributed by atoms with Gasteiger partial charge >= 0.3 is 0 Å². The lowest BCUT2D eigenvalue weighted by molar-refractivity contribution is -0.153. The van der Waals surface area contributed by atoms with Crippen molar-refractivity contribution in [3.8, 4) is 5.75 Å². The third-order valence-corrected chi connectivity index (χ3v) is 9.00. The number of Topliss-reactive ketones (excluding diaryl/α,β-unsaturated/α-hetero) is 2. The van der Waals surface area contributed by atoms with Crippen molar-refractivity contribution < 1.29 is 44.4 Å². The third-order valence-electron chi connectivity index (χ3n) is 9.00. The number of likely N-dealkylation sites (N-methyl/N-ethyl adjacent to an activating group) is 1. The zero-order chi connectivity index (χ0) is 34.5. The Hall–Kier alpha value is -5.21. The first-order valence-corrected chi connectivity index (χ1v) is 15.0. The molecule has 0 bridgehead atoms. The Bertz CT molecular complexity index is 1760. The summed E-state index contributed by atoms with van der Waals surface area (Å²) >= 11 is 0. The second kappa shape index (κ2) is 12.2. The van der Waals surface area contributed by atoms with Crippen LogP contribution in [-0.2, 0) is 30.4 Å². The second-order valence-electron chi connectivity index (χ2n) is 12.6. The van der Waals surface area contributed by atoms with E-state index in [0.717, 1.165) is 0 Å². The minimum Gasteiger partial charge on any atom is -0.508 e. The number of benzene rings is 2. The maximum atomic E-state index is 14.0. The van der Waals surface area contributed by atoms with E-state index in [4.69, 9.17) is 5.73 Å². The summed E-state index contributed by atoms with van der Waals surface area (Å²) in [5.41, 5.74) is 2.90. The topological polar surface area (TPSA) is 232 Å². The van der Waals surface area contributed by atoms with Crippen molar-refractivity contribution in [2.45, 2.75) is 38.3 Å². The molecule has 5 rings (SSSR count). The van der Waals surface area contributed by atoms with Gasteiger partial charge in [-0.2, -0.15) is 0 Å². The van der Waals surface area contributed by atoms with Crippen LogP contribution in [0, 0.1) is 17.8 Å². The molecule has 0 heterocycles. The minimum absolute atomic E-state index is 0.0260. The first-order valence-electron chi connectivity index (χ1n) is 15.0. The van der Waals surface area contributed by atoms with Gasteiger partial charge < -0.3 is 42.1 Å². The molecule has 0 aliphatic heterocycles. The number of aliphatic hydroxyl groups is 3. The number of primary amides is 1. The second-order valence-corrected chi connectivity index (χ2v) is 12.6. The number of amides is 3. The van der Waals surface area contributed by atoms with Crippen LogP contribution in [0.3, 0.4) is 0 Å². The normalized spacial score (nSPS) is 23.7. The highest BCUT2D eigenvalue weighted by Gasteiger charge is 2.64. The molecule has 1 fully saturated rings. The van der Waals surface area contributed by atoms with Gasteiger partial charge in [0, 0.05) is 28.8 Å². The van der Waals surface area contributed by atoms with E-state index >= 15 is 0 Å². The summed E-state index contributed by atoms with van der Waals surface area (Å²) in [7, 11) is 3.06. The molecule has 4 atom stereocenters. The summed E-state index contributed by atoms with van der Waals surface area (Å²) in [6.07, 6.45) is 0.104. The van der Waals surface area contributed by atoms with Gasteiger partial charge in [0.2, 0.25) is 17.6 Å². The van der Waals surface area contributed by atoms with Crippen LogP contribution in [0.15, 0.2) is 53.3 Å². The van der Waals surface area contributed by atoms with Crippen LogP contribution in [0.1, 0.15) is 31.4 Å². The smallest absolute Gasteiger partial charge is 0.255 e. The van der Waals surface area contributed by atoms with Gasteiger partial charge in [0.15, 0.2) is 11.4 Å². The Balaban J connectivity index is 1.39. The highest BCUT2D eigenvalue weighted by Crippen LogP contribution is 2.53. The van der Waals surface area contributed by atoms with E-state index in [-0.39, 0.29) is 48.0 Å². The van der Waals surface area contributed by atoms with Crippen molar-refractivity contribution in [1.29, 1.82) is 0 Å². The molecule has 0 aromatic heterocycles. The number of rotatable bonds is 8. The predicted molar refractivity (Wildman–Crippen MR) is 171 cm³/mol. The van der Waals surface area contributed by atoms with E-state index in [1.54, 1.807) is 44.2 Å². The minimum atomic E-state index is -2.74. The largest absolute Gasteiger partial charge is 0.508 e. The van der Waals surface area contributed by atoms with Crippen molar-refractivity contribution >= 4 is 52.1 Å². The van der Waals surface area contributed by atoms with Crippen LogP contribution in [0.5, 0.6) is 5.75 Å². The van der Waals surface area contributed by atoms with Gasteiger partial charge in [-0.15, -0.1) is 0 Å². The molecule has 14 nitrogen and oxygen atoms in total. The molecule has 47 heavy (non-hydrogen) atoms. The predicted octanol–water partition coefficient (Wildman–Crippen LogP) is 1.61. The molecule has 3 aliphatic rings. The van der Waals surface area contributed by atoms with E-state index in [1.165, 1.54) is 25.1 Å². The van der Waals surface area contributed by atoms with Gasteiger partial charge in [-0.1, -0.05) is 19.9 Å². The number of hydrogen-bond donors (Lipinski definition) is 8. The lowest BCUT2D eigenvalue weighted by Crippen LogP contribution is -2.65. The molecule has 3 amide bonds. The first-order chi connectivity index (χ1) is 22.1. The number of phenols is 1. The molecule has 248 valence electrons. The number of anilines is 3. The van der Waals surface area contributed by atoms with Crippen LogP contribution in [0.25, 0.3) is 5.76 Å². The monoisotopic (exact) mass is 647 g/mol. The summed E-state index contributed by atoms with van der Waals surface area (Å²) in [5.74, 6) is -8.32. The fourth-order valence-electron chi connectivity index (χ4n) is 6.65. The standard InChI is InChI=1S/C33H37N5O9/c1-14(2)32(46)36-18-8-6-17(7-9-18)35-13-21(39)37-20-10-5-15-11-16-12-19-25(38(3)4)28(42)24(31(34)45)30(44)33(19,47)29(43)23(16)27(41)22(15)26(20)40/h5-10,14,16,19,25,35,40-41,44,47H,11-13H2,1-4H3,(H2,34,45)(H,36,46)(H,37,39)/t16?,19?,25-,33?/m0/s1. The number of carbonyl (C=O) groups is 5. The number of nitrogens with two attached hydrogens (primary N) is 1. The summed E-state index contributed by atoms with van der Waals surface area (Å²) in [6.45, 7) is 3.36. The van der Waals surface area contributed by atoms with Gasteiger partial charge in [0.25, 0.3) is 5.91 Å². The Labute approximate surface area is 269 Å². The zero-order valence-electron chi connectivity index (χ0n) is 26.2. The Kier molecular flexibility index (Phi) is 8.60. The maximum Gasteiger partial charge on any atom is 0.255 e. The van der Waals surface area contributed by atoms with E-state index in [2.05, 4.69) is 16.0 Å². The summed E-state index contributed by atoms with van der Waals surface area (Å²) in [4.78, 5) is 65.4. The molecule has 0 radical (unpaired) electrons. The van der Waals surface area contributed by atoms with Gasteiger partial charge in [-0.25, -0.2) is 0 Å². The molecule has 0 spiro atoms. The SMILES string of the molecule is CC(C)C(=O)Nc1ccc(NCC(=O)Nc2ccc3c(c2O)C(O)=C2C(=O)C4(O)C(O)=C(C(N)=O)C(=O)[C@@H](N(C)C)C4CC2C3)cc1. The fraction of sp³-hybridized carbons (Fsp3) is 0.364. The van der Waals surface area contributed by atoms with E-state index in [9.17, 15) is 44.4 Å². The number of aliphatic hydroxyl groups excluding tert-OH is 2. The Morgan fingerprint density at radius 1 is 1.00 bits per heavy atom. The highest BCUT2D eigenvalue weighted by atomic mass is 16.3. The van der Waals surface area contributed by atoms with E-state index in [0.29, 0.717) is 16.9 Å². The number of aromatic hydroxyl groups is 1. The summed E-state index contributed by atoms with van der Waals surface area (Å²) in [5, 5.41) is 53.5. The molecule has 9 N–H and O–H groups in total. The van der Waals surface area contributed by atoms with Gasteiger partial charge in [-0.3, -0.25) is 28.9 Å². The third kappa shape index (κ3) is 5.59. The average molecular weight is 648 g/mol. The maximum absolute atomic E-state index is 14.0. The molecular formula is C33H37N5O9. The molecule has 2 aromatic rings.